The molecular weight excluding hydrogens is 244 g/mol. The molecule has 0 amide bonds. The predicted molar refractivity (Wildman–Crippen MR) is 86.0 cm³/mol. The fourth-order valence-electron chi connectivity index (χ4n) is 3.50. The van der Waals surface area contributed by atoms with Crippen LogP contribution in [0.15, 0.2) is 18.5 Å². The van der Waals surface area contributed by atoms with Gasteiger partial charge in [-0.25, -0.2) is 0 Å². The second-order valence-corrected chi connectivity index (χ2v) is 7.57. The Morgan fingerprint density at radius 1 is 1.40 bits per heavy atom. The van der Waals surface area contributed by atoms with Crippen LogP contribution in [-0.4, -0.2) is 17.6 Å². The van der Waals surface area contributed by atoms with E-state index in [0.717, 1.165) is 12.5 Å². The van der Waals surface area contributed by atoms with Crippen molar-refractivity contribution in [2.24, 2.45) is 11.3 Å². The zero-order valence-corrected chi connectivity index (χ0v) is 13.7. The molecule has 1 heterocycles. The quantitative estimate of drug-likeness (QED) is 0.885. The Morgan fingerprint density at radius 3 is 2.80 bits per heavy atom. The Bertz CT molecular complexity index is 435. The summed E-state index contributed by atoms with van der Waals surface area (Å²) >= 11 is 0. The summed E-state index contributed by atoms with van der Waals surface area (Å²) in [7, 11) is 0. The zero-order valence-electron chi connectivity index (χ0n) is 13.7. The van der Waals surface area contributed by atoms with E-state index in [4.69, 9.17) is 0 Å². The highest BCUT2D eigenvalue weighted by molar-refractivity contribution is 5.27. The maximum atomic E-state index is 4.38. The van der Waals surface area contributed by atoms with Gasteiger partial charge in [0.2, 0.25) is 0 Å². The van der Waals surface area contributed by atoms with Gasteiger partial charge in [-0.1, -0.05) is 27.7 Å². The highest BCUT2D eigenvalue weighted by atomic mass is 14.9. The SMILES string of the molecule is Cc1ccncc1C1CC(C)(C)CCC1CNC(C)C. The lowest BCUT2D eigenvalue weighted by atomic mass is 9.65. The largest absolute Gasteiger partial charge is 0.314 e. The van der Waals surface area contributed by atoms with E-state index >= 15 is 0 Å². The number of aryl methyl sites for hydroxylation is 1. The molecule has 2 nitrogen and oxygen atoms in total. The van der Waals surface area contributed by atoms with Gasteiger partial charge in [0.1, 0.15) is 0 Å². The van der Waals surface area contributed by atoms with Crippen molar-refractivity contribution in [3.63, 3.8) is 0 Å². The molecule has 2 rings (SSSR count). The second-order valence-electron chi connectivity index (χ2n) is 7.57. The van der Waals surface area contributed by atoms with Crippen molar-refractivity contribution in [2.75, 3.05) is 6.54 Å². The van der Waals surface area contributed by atoms with Crippen LogP contribution in [0.25, 0.3) is 0 Å². The highest BCUT2D eigenvalue weighted by Gasteiger charge is 2.36. The van der Waals surface area contributed by atoms with Crippen molar-refractivity contribution in [2.45, 2.75) is 65.8 Å². The zero-order chi connectivity index (χ0) is 14.8. The summed E-state index contributed by atoms with van der Waals surface area (Å²) in [4.78, 5) is 4.38. The lowest BCUT2D eigenvalue weighted by Crippen LogP contribution is -2.37. The molecule has 2 unspecified atom stereocenters. The van der Waals surface area contributed by atoms with E-state index in [1.165, 1.54) is 30.4 Å². The van der Waals surface area contributed by atoms with Crippen molar-refractivity contribution in [3.8, 4) is 0 Å². The predicted octanol–water partition coefficient (Wildman–Crippen LogP) is 4.30. The molecule has 1 fully saturated rings. The Kier molecular flexibility index (Phi) is 4.85. The first-order valence-corrected chi connectivity index (χ1v) is 8.03. The average Bonchev–Trinajstić information content (AvgIpc) is 2.37. The minimum Gasteiger partial charge on any atom is -0.314 e. The molecule has 0 aliphatic heterocycles. The van der Waals surface area contributed by atoms with E-state index in [2.05, 4.69) is 57.2 Å². The smallest absolute Gasteiger partial charge is 0.0305 e. The Labute approximate surface area is 124 Å². The van der Waals surface area contributed by atoms with Crippen molar-refractivity contribution in [1.29, 1.82) is 0 Å². The molecule has 1 saturated carbocycles. The minimum atomic E-state index is 0.460. The van der Waals surface area contributed by atoms with Gasteiger partial charge in [0.05, 0.1) is 0 Å². The van der Waals surface area contributed by atoms with Crippen LogP contribution < -0.4 is 5.32 Å². The van der Waals surface area contributed by atoms with Gasteiger partial charge in [0.15, 0.2) is 0 Å². The third-order valence-electron chi connectivity index (χ3n) is 4.80. The third kappa shape index (κ3) is 3.82. The van der Waals surface area contributed by atoms with Crippen LogP contribution in [0.4, 0.5) is 0 Å². The summed E-state index contributed by atoms with van der Waals surface area (Å²) in [6, 6.07) is 2.73. The molecule has 112 valence electrons. The average molecular weight is 274 g/mol. The molecule has 1 aliphatic carbocycles. The monoisotopic (exact) mass is 274 g/mol. The molecule has 0 aromatic carbocycles. The number of aromatic nitrogens is 1. The fraction of sp³-hybridized carbons (Fsp3) is 0.722. The lowest BCUT2D eigenvalue weighted by molar-refractivity contribution is 0.157. The standard InChI is InChI=1S/C18H30N2/c1-13(2)20-11-15-6-8-18(4,5)10-16(15)17-12-19-9-7-14(17)3/h7,9,12-13,15-16,20H,6,8,10-11H2,1-5H3. The number of rotatable bonds is 4. The van der Waals surface area contributed by atoms with Gasteiger partial charge in [0, 0.05) is 18.4 Å². The first kappa shape index (κ1) is 15.5. The molecule has 1 N–H and O–H groups in total. The van der Waals surface area contributed by atoms with Gasteiger partial charge in [-0.2, -0.15) is 0 Å². The number of pyridine rings is 1. The summed E-state index contributed by atoms with van der Waals surface area (Å²) < 4.78 is 0. The van der Waals surface area contributed by atoms with Crippen LogP contribution in [0, 0.1) is 18.3 Å². The summed E-state index contributed by atoms with van der Waals surface area (Å²) in [5.74, 6) is 1.40. The van der Waals surface area contributed by atoms with Gasteiger partial charge in [-0.3, -0.25) is 4.98 Å². The van der Waals surface area contributed by atoms with Gasteiger partial charge in [-0.15, -0.1) is 0 Å². The molecule has 1 aromatic rings. The van der Waals surface area contributed by atoms with E-state index in [0.29, 0.717) is 17.4 Å². The molecule has 2 heteroatoms. The molecular formula is C18H30N2. The fourth-order valence-corrected chi connectivity index (χ4v) is 3.50. The maximum Gasteiger partial charge on any atom is 0.0305 e. The first-order valence-electron chi connectivity index (χ1n) is 8.03. The molecule has 1 aliphatic rings. The second kappa shape index (κ2) is 6.26. The van der Waals surface area contributed by atoms with Crippen LogP contribution in [-0.2, 0) is 0 Å². The van der Waals surface area contributed by atoms with Crippen LogP contribution in [0.2, 0.25) is 0 Å². The first-order chi connectivity index (χ1) is 9.39. The van der Waals surface area contributed by atoms with Crippen LogP contribution >= 0.6 is 0 Å². The normalized spacial score (nSPS) is 25.9. The number of nitrogens with zero attached hydrogens (tertiary/aromatic N) is 1. The van der Waals surface area contributed by atoms with Crippen LogP contribution in [0.1, 0.15) is 64.0 Å². The molecule has 2 atom stereocenters. The molecule has 0 spiro atoms. The summed E-state index contributed by atoms with van der Waals surface area (Å²) in [6.07, 6.45) is 7.96. The van der Waals surface area contributed by atoms with Gasteiger partial charge in [-0.05, 0) is 67.2 Å². The van der Waals surface area contributed by atoms with Crippen LogP contribution in [0.3, 0.4) is 0 Å². The third-order valence-corrected chi connectivity index (χ3v) is 4.80. The van der Waals surface area contributed by atoms with Crippen molar-refractivity contribution < 1.29 is 0 Å². The van der Waals surface area contributed by atoms with Crippen molar-refractivity contribution in [1.82, 2.24) is 10.3 Å². The number of hydrogen-bond donors (Lipinski definition) is 1. The highest BCUT2D eigenvalue weighted by Crippen LogP contribution is 2.47. The maximum absolute atomic E-state index is 4.38. The van der Waals surface area contributed by atoms with Gasteiger partial charge in [0.25, 0.3) is 0 Å². The molecule has 0 saturated heterocycles. The Balaban J connectivity index is 2.20. The summed E-state index contributed by atoms with van der Waals surface area (Å²) in [5, 5.41) is 3.64. The van der Waals surface area contributed by atoms with E-state index in [9.17, 15) is 0 Å². The minimum absolute atomic E-state index is 0.460. The van der Waals surface area contributed by atoms with E-state index in [1.807, 2.05) is 6.20 Å². The van der Waals surface area contributed by atoms with Gasteiger partial charge >= 0.3 is 0 Å². The summed E-state index contributed by atoms with van der Waals surface area (Å²) in [6.45, 7) is 12.7. The van der Waals surface area contributed by atoms with Crippen molar-refractivity contribution >= 4 is 0 Å². The summed E-state index contributed by atoms with van der Waals surface area (Å²) in [5.41, 5.74) is 3.33. The Morgan fingerprint density at radius 2 is 2.15 bits per heavy atom. The van der Waals surface area contributed by atoms with Crippen molar-refractivity contribution in [3.05, 3.63) is 29.6 Å². The number of hydrogen-bond acceptors (Lipinski definition) is 2. The van der Waals surface area contributed by atoms with E-state index < -0.39 is 0 Å². The molecule has 0 radical (unpaired) electrons. The molecule has 0 bridgehead atoms. The van der Waals surface area contributed by atoms with Gasteiger partial charge < -0.3 is 5.32 Å². The molecule has 20 heavy (non-hydrogen) atoms. The Hall–Kier alpha value is -0.890. The van der Waals surface area contributed by atoms with Crippen LogP contribution in [0.5, 0.6) is 0 Å². The van der Waals surface area contributed by atoms with E-state index in [-0.39, 0.29) is 0 Å². The molecule has 1 aromatic heterocycles. The number of nitrogens with one attached hydrogen (secondary N) is 1. The topological polar surface area (TPSA) is 24.9 Å². The lowest BCUT2D eigenvalue weighted by Gasteiger charge is -2.42. The van der Waals surface area contributed by atoms with E-state index in [1.54, 1.807) is 0 Å².